The van der Waals surface area contributed by atoms with Crippen LogP contribution in [0.2, 0.25) is 5.02 Å². The van der Waals surface area contributed by atoms with Gasteiger partial charge in [0.15, 0.2) is 5.78 Å². The molecule has 2 aromatic rings. The number of hydrogen-bond donors (Lipinski definition) is 0. The molecule has 23 heavy (non-hydrogen) atoms. The highest BCUT2D eigenvalue weighted by molar-refractivity contribution is 6.33. The fourth-order valence-electron chi connectivity index (χ4n) is 2.44. The molecule has 0 amide bonds. The number of halogens is 1. The summed E-state index contributed by atoms with van der Waals surface area (Å²) in [6.07, 6.45) is 2.59. The molecule has 1 unspecified atom stereocenters. The molecular weight excluding hydrogens is 308 g/mol. The predicted octanol–water partition coefficient (Wildman–Crippen LogP) is 5.90. The van der Waals surface area contributed by atoms with E-state index in [1.165, 1.54) is 0 Å². The first-order valence-electron chi connectivity index (χ1n) is 8.12. The standard InChI is InChI=1S/C20H23ClO2/c1-3-4-12-23-17-9-7-8-16(14-17)15(2)13-20(22)18-10-5-6-11-19(18)21/h5-11,14-15H,3-4,12-13H2,1-2H3. The second-order valence-corrected chi connectivity index (χ2v) is 6.19. The van der Waals surface area contributed by atoms with Crippen molar-refractivity contribution < 1.29 is 9.53 Å². The zero-order chi connectivity index (χ0) is 16.7. The largest absolute Gasteiger partial charge is 0.494 e. The SMILES string of the molecule is CCCCOc1cccc(C(C)CC(=O)c2ccccc2Cl)c1. The van der Waals surface area contributed by atoms with Gasteiger partial charge in [0.2, 0.25) is 0 Å². The molecule has 2 aromatic carbocycles. The van der Waals surface area contributed by atoms with Crippen LogP contribution in [0.25, 0.3) is 0 Å². The van der Waals surface area contributed by atoms with E-state index < -0.39 is 0 Å². The van der Waals surface area contributed by atoms with Gasteiger partial charge in [0.05, 0.1) is 11.6 Å². The van der Waals surface area contributed by atoms with Crippen molar-refractivity contribution in [2.45, 2.75) is 39.0 Å². The van der Waals surface area contributed by atoms with Gasteiger partial charge in [-0.25, -0.2) is 0 Å². The maximum Gasteiger partial charge on any atom is 0.164 e. The van der Waals surface area contributed by atoms with Gasteiger partial charge < -0.3 is 4.74 Å². The minimum absolute atomic E-state index is 0.0698. The van der Waals surface area contributed by atoms with Gasteiger partial charge in [0, 0.05) is 12.0 Å². The molecule has 0 N–H and O–H groups in total. The number of ketones is 1. The van der Waals surface area contributed by atoms with Gasteiger partial charge in [0.25, 0.3) is 0 Å². The van der Waals surface area contributed by atoms with Gasteiger partial charge in [-0.15, -0.1) is 0 Å². The highest BCUT2D eigenvalue weighted by atomic mass is 35.5. The smallest absolute Gasteiger partial charge is 0.164 e. The molecule has 0 aromatic heterocycles. The molecule has 2 rings (SSSR count). The molecule has 0 fully saturated rings. The summed E-state index contributed by atoms with van der Waals surface area (Å²) in [5, 5.41) is 0.515. The lowest BCUT2D eigenvalue weighted by Crippen LogP contribution is -2.06. The molecule has 3 heteroatoms. The summed E-state index contributed by atoms with van der Waals surface area (Å²) in [5.74, 6) is 1.06. The first-order chi connectivity index (χ1) is 11.1. The quantitative estimate of drug-likeness (QED) is 0.445. The fourth-order valence-corrected chi connectivity index (χ4v) is 2.68. The zero-order valence-electron chi connectivity index (χ0n) is 13.7. The van der Waals surface area contributed by atoms with Crippen molar-refractivity contribution in [1.29, 1.82) is 0 Å². The highest BCUT2D eigenvalue weighted by Gasteiger charge is 2.15. The average molecular weight is 331 g/mol. The maximum atomic E-state index is 12.4. The number of hydrogen-bond acceptors (Lipinski definition) is 2. The first kappa shape index (κ1) is 17.6. The predicted molar refractivity (Wildman–Crippen MR) is 95.7 cm³/mol. The summed E-state index contributed by atoms with van der Waals surface area (Å²) in [4.78, 5) is 12.4. The van der Waals surface area contributed by atoms with Crippen LogP contribution in [0.15, 0.2) is 48.5 Å². The third-order valence-corrected chi connectivity index (χ3v) is 4.19. The number of benzene rings is 2. The Balaban J connectivity index is 2.03. The zero-order valence-corrected chi connectivity index (χ0v) is 14.5. The van der Waals surface area contributed by atoms with Gasteiger partial charge in [-0.3, -0.25) is 4.79 Å². The van der Waals surface area contributed by atoms with E-state index in [-0.39, 0.29) is 11.7 Å². The van der Waals surface area contributed by atoms with E-state index in [9.17, 15) is 4.79 Å². The van der Waals surface area contributed by atoms with Gasteiger partial charge >= 0.3 is 0 Å². The lowest BCUT2D eigenvalue weighted by atomic mass is 9.93. The summed E-state index contributed by atoms with van der Waals surface area (Å²) in [7, 11) is 0. The number of carbonyl (C=O) groups excluding carboxylic acids is 1. The van der Waals surface area contributed by atoms with E-state index >= 15 is 0 Å². The molecule has 2 nitrogen and oxygen atoms in total. The normalized spacial score (nSPS) is 12.0. The lowest BCUT2D eigenvalue weighted by Gasteiger charge is -2.13. The van der Waals surface area contributed by atoms with E-state index in [0.717, 1.165) is 30.8 Å². The van der Waals surface area contributed by atoms with Crippen LogP contribution >= 0.6 is 11.6 Å². The molecule has 0 bridgehead atoms. The number of unbranched alkanes of at least 4 members (excludes halogenated alkanes) is 1. The summed E-state index contributed by atoms with van der Waals surface area (Å²) >= 11 is 6.10. The summed E-state index contributed by atoms with van der Waals surface area (Å²) in [6.45, 7) is 4.93. The van der Waals surface area contributed by atoms with Crippen molar-refractivity contribution in [3.05, 3.63) is 64.7 Å². The number of Topliss-reactive ketones (excluding diaryl/α,β-unsaturated/α-hetero) is 1. The maximum absolute atomic E-state index is 12.4. The van der Waals surface area contributed by atoms with E-state index in [4.69, 9.17) is 16.3 Å². The minimum atomic E-state index is 0.0698. The monoisotopic (exact) mass is 330 g/mol. The first-order valence-corrected chi connectivity index (χ1v) is 8.50. The van der Waals surface area contributed by atoms with Gasteiger partial charge in [-0.2, -0.15) is 0 Å². The van der Waals surface area contributed by atoms with Crippen LogP contribution in [-0.2, 0) is 0 Å². The fraction of sp³-hybridized carbons (Fsp3) is 0.350. The Morgan fingerprint density at radius 2 is 1.96 bits per heavy atom. The molecule has 0 radical (unpaired) electrons. The molecule has 0 aliphatic rings. The molecule has 0 aliphatic carbocycles. The third-order valence-electron chi connectivity index (χ3n) is 3.86. The van der Waals surface area contributed by atoms with Crippen LogP contribution < -0.4 is 4.74 Å². The Labute approximate surface area is 143 Å². The summed E-state index contributed by atoms with van der Waals surface area (Å²) in [6, 6.07) is 15.2. The van der Waals surface area contributed by atoms with E-state index in [1.54, 1.807) is 12.1 Å². The van der Waals surface area contributed by atoms with Crippen molar-refractivity contribution >= 4 is 17.4 Å². The van der Waals surface area contributed by atoms with Crippen LogP contribution in [-0.4, -0.2) is 12.4 Å². The molecule has 0 saturated carbocycles. The Bertz CT molecular complexity index is 652. The van der Waals surface area contributed by atoms with E-state index in [1.807, 2.05) is 36.4 Å². The van der Waals surface area contributed by atoms with Crippen LogP contribution in [0.3, 0.4) is 0 Å². The molecule has 1 atom stereocenters. The Morgan fingerprint density at radius 3 is 2.70 bits per heavy atom. The van der Waals surface area contributed by atoms with Crippen molar-refractivity contribution in [2.75, 3.05) is 6.61 Å². The Kier molecular flexibility index (Phi) is 6.66. The van der Waals surface area contributed by atoms with Gasteiger partial charge in [0.1, 0.15) is 5.75 Å². The van der Waals surface area contributed by atoms with Gasteiger partial charge in [-0.05, 0) is 42.2 Å². The van der Waals surface area contributed by atoms with E-state index in [2.05, 4.69) is 13.8 Å². The van der Waals surface area contributed by atoms with E-state index in [0.29, 0.717) is 17.0 Å². The number of ether oxygens (including phenoxy) is 1. The number of carbonyl (C=O) groups is 1. The van der Waals surface area contributed by atoms with Crippen LogP contribution in [0.5, 0.6) is 5.75 Å². The molecule has 0 heterocycles. The van der Waals surface area contributed by atoms with Crippen molar-refractivity contribution in [2.24, 2.45) is 0 Å². The summed E-state index contributed by atoms with van der Waals surface area (Å²) < 4.78 is 5.74. The minimum Gasteiger partial charge on any atom is -0.494 e. The lowest BCUT2D eigenvalue weighted by molar-refractivity contribution is 0.0975. The van der Waals surface area contributed by atoms with Gasteiger partial charge in [-0.1, -0.05) is 56.1 Å². The average Bonchev–Trinajstić information content (AvgIpc) is 2.55. The molecule has 0 aliphatic heterocycles. The second kappa shape index (κ2) is 8.73. The van der Waals surface area contributed by atoms with Crippen molar-refractivity contribution in [1.82, 2.24) is 0 Å². The van der Waals surface area contributed by atoms with Crippen LogP contribution in [0.1, 0.15) is 54.9 Å². The number of rotatable bonds is 8. The van der Waals surface area contributed by atoms with Crippen molar-refractivity contribution in [3.63, 3.8) is 0 Å². The molecule has 122 valence electrons. The molecule has 0 spiro atoms. The van der Waals surface area contributed by atoms with Crippen LogP contribution in [0.4, 0.5) is 0 Å². The third kappa shape index (κ3) is 5.11. The Hall–Kier alpha value is -1.80. The second-order valence-electron chi connectivity index (χ2n) is 5.78. The summed E-state index contributed by atoms with van der Waals surface area (Å²) in [5.41, 5.74) is 1.70. The topological polar surface area (TPSA) is 26.3 Å². The van der Waals surface area contributed by atoms with Crippen LogP contribution in [0, 0.1) is 0 Å². The van der Waals surface area contributed by atoms with Crippen molar-refractivity contribution in [3.8, 4) is 5.75 Å². The molecule has 0 saturated heterocycles. The highest BCUT2D eigenvalue weighted by Crippen LogP contribution is 2.26. The molecular formula is C20H23ClO2. The Morgan fingerprint density at radius 1 is 1.17 bits per heavy atom.